The molecule has 0 saturated carbocycles. The van der Waals surface area contributed by atoms with Crippen molar-refractivity contribution in [3.63, 3.8) is 0 Å². The maximum atomic E-state index is 12.5. The number of aromatic hydroxyl groups is 1. The van der Waals surface area contributed by atoms with Gasteiger partial charge in [-0.15, -0.1) is 0 Å². The zero-order valence-corrected chi connectivity index (χ0v) is 18.6. The molecule has 4 nitrogen and oxygen atoms in total. The molecule has 3 aromatic carbocycles. The van der Waals surface area contributed by atoms with Crippen LogP contribution in [-0.4, -0.2) is 29.0 Å². The van der Waals surface area contributed by atoms with E-state index in [0.29, 0.717) is 34.0 Å². The van der Waals surface area contributed by atoms with E-state index in [1.807, 2.05) is 0 Å². The summed E-state index contributed by atoms with van der Waals surface area (Å²) >= 11 is 12.6. The Morgan fingerprint density at radius 3 is 2.03 bits per heavy atom. The van der Waals surface area contributed by atoms with Crippen LogP contribution in [-0.2, 0) is 24.1 Å². The van der Waals surface area contributed by atoms with Gasteiger partial charge in [-0.3, -0.25) is 0 Å². The van der Waals surface area contributed by atoms with Gasteiger partial charge < -0.3 is 14.9 Å². The van der Waals surface area contributed by atoms with Crippen molar-refractivity contribution in [1.82, 2.24) is 0 Å². The lowest BCUT2D eigenvalue weighted by Crippen LogP contribution is -2.11. The summed E-state index contributed by atoms with van der Waals surface area (Å²) in [5, 5.41) is 19.6. The monoisotopic (exact) mass is 498 g/mol. The van der Waals surface area contributed by atoms with E-state index in [9.17, 15) is 23.1 Å². The van der Waals surface area contributed by atoms with Gasteiger partial charge in [-0.2, -0.15) is 13.2 Å². The number of phenolic OH excluding ortho intramolecular Hbond substituents is 1. The van der Waals surface area contributed by atoms with Crippen molar-refractivity contribution in [1.29, 1.82) is 0 Å². The number of ether oxygens (including phenoxy) is 1. The number of carboxylic acids is 1. The van der Waals surface area contributed by atoms with Crippen molar-refractivity contribution < 1.29 is 32.9 Å². The van der Waals surface area contributed by atoms with Crippen LogP contribution in [0.1, 0.15) is 27.8 Å². The second-order valence-electron chi connectivity index (χ2n) is 7.47. The highest BCUT2D eigenvalue weighted by Crippen LogP contribution is 2.33. The van der Waals surface area contributed by atoms with E-state index in [4.69, 9.17) is 33.0 Å². The maximum absolute atomic E-state index is 12.5. The lowest BCUT2D eigenvalue weighted by molar-refractivity contribution is -0.139. The molecule has 0 aliphatic rings. The number of hydrogen-bond acceptors (Lipinski definition) is 3. The Labute approximate surface area is 198 Å². The molecule has 0 bridgehead atoms. The predicted octanol–water partition coefficient (Wildman–Crippen LogP) is 6.45. The quantitative estimate of drug-likeness (QED) is 0.374. The number of rotatable bonds is 8. The number of alkyl halides is 3. The molecule has 0 radical (unpaired) electrons. The van der Waals surface area contributed by atoms with Crippen LogP contribution < -0.4 is 4.74 Å². The SMILES string of the molecule is O=C(O)COc1cc(Cl)c(Cc2ccc(O)c(Cc3ccc(CC(F)(F)F)cc3)c2)c(Cl)c1. The Bertz CT molecular complexity index is 1120. The molecule has 0 fully saturated rings. The number of phenols is 1. The van der Waals surface area contributed by atoms with Crippen molar-refractivity contribution in [3.05, 3.63) is 92.5 Å². The first-order valence-electron chi connectivity index (χ1n) is 9.78. The molecule has 9 heteroatoms. The summed E-state index contributed by atoms with van der Waals surface area (Å²) in [6, 6.07) is 14.1. The van der Waals surface area contributed by atoms with E-state index >= 15 is 0 Å². The average molecular weight is 499 g/mol. The third-order valence-electron chi connectivity index (χ3n) is 4.82. The molecule has 0 atom stereocenters. The molecule has 2 N–H and O–H groups in total. The molecule has 0 saturated heterocycles. The molecule has 0 unspecified atom stereocenters. The first-order valence-corrected chi connectivity index (χ1v) is 10.5. The molecule has 33 heavy (non-hydrogen) atoms. The number of benzene rings is 3. The van der Waals surface area contributed by atoms with Gasteiger partial charge in [-0.1, -0.05) is 59.6 Å². The van der Waals surface area contributed by atoms with Gasteiger partial charge in [0.25, 0.3) is 0 Å². The van der Waals surface area contributed by atoms with Crippen molar-refractivity contribution in [2.24, 2.45) is 0 Å². The molecule has 3 aromatic rings. The highest BCUT2D eigenvalue weighted by molar-refractivity contribution is 6.36. The van der Waals surface area contributed by atoms with Crippen molar-refractivity contribution in [2.45, 2.75) is 25.4 Å². The van der Waals surface area contributed by atoms with Crippen LogP contribution in [0.25, 0.3) is 0 Å². The second-order valence-corrected chi connectivity index (χ2v) is 8.29. The minimum atomic E-state index is -4.27. The van der Waals surface area contributed by atoms with E-state index in [1.165, 1.54) is 30.3 Å². The van der Waals surface area contributed by atoms with Gasteiger partial charge in [-0.25, -0.2) is 4.79 Å². The molecule has 0 amide bonds. The molecule has 174 valence electrons. The molecule has 0 heterocycles. The molecule has 3 rings (SSSR count). The molecule has 0 aliphatic heterocycles. The zero-order valence-electron chi connectivity index (χ0n) is 17.1. The molecule has 0 aliphatic carbocycles. The predicted molar refractivity (Wildman–Crippen MR) is 120 cm³/mol. The van der Waals surface area contributed by atoms with E-state index in [-0.39, 0.29) is 17.1 Å². The summed E-state index contributed by atoms with van der Waals surface area (Å²) in [6.45, 7) is -0.523. The van der Waals surface area contributed by atoms with Crippen LogP contribution in [0.15, 0.2) is 54.6 Å². The van der Waals surface area contributed by atoms with Gasteiger partial charge in [0.05, 0.1) is 6.42 Å². The lowest BCUT2D eigenvalue weighted by Gasteiger charge is -2.13. The number of halogens is 5. The topological polar surface area (TPSA) is 66.8 Å². The van der Waals surface area contributed by atoms with Gasteiger partial charge >= 0.3 is 12.1 Å². The number of carboxylic acid groups (broad SMARTS) is 1. The zero-order chi connectivity index (χ0) is 24.2. The smallest absolute Gasteiger partial charge is 0.393 e. The number of carbonyl (C=O) groups is 1. The Hall–Kier alpha value is -2.90. The lowest BCUT2D eigenvalue weighted by atomic mass is 9.97. The van der Waals surface area contributed by atoms with E-state index < -0.39 is 25.2 Å². The van der Waals surface area contributed by atoms with Gasteiger partial charge in [0.1, 0.15) is 11.5 Å². The maximum Gasteiger partial charge on any atom is 0.393 e. The fourth-order valence-corrected chi connectivity index (χ4v) is 3.90. The molecular formula is C24H19Cl2F3O4. The van der Waals surface area contributed by atoms with E-state index in [2.05, 4.69) is 0 Å². The summed E-state index contributed by atoms with van der Waals surface area (Å²) in [5.41, 5.74) is 2.94. The van der Waals surface area contributed by atoms with Crippen molar-refractivity contribution in [2.75, 3.05) is 6.61 Å². The number of aliphatic carboxylic acids is 1. The first kappa shape index (κ1) is 24.7. The Kier molecular flexibility index (Phi) is 7.76. The summed E-state index contributed by atoms with van der Waals surface area (Å²) in [6.07, 6.45) is -4.59. The molecular weight excluding hydrogens is 480 g/mol. The number of hydrogen-bond donors (Lipinski definition) is 2. The van der Waals surface area contributed by atoms with E-state index in [0.717, 1.165) is 11.1 Å². The van der Waals surface area contributed by atoms with Gasteiger partial charge in [0.2, 0.25) is 0 Å². The Morgan fingerprint density at radius 1 is 0.879 bits per heavy atom. The highest BCUT2D eigenvalue weighted by atomic mass is 35.5. The van der Waals surface area contributed by atoms with Crippen molar-refractivity contribution in [3.8, 4) is 11.5 Å². The third kappa shape index (κ3) is 7.30. The van der Waals surface area contributed by atoms with Crippen LogP contribution in [0.3, 0.4) is 0 Å². The average Bonchev–Trinajstić information content (AvgIpc) is 2.72. The summed E-state index contributed by atoms with van der Waals surface area (Å²) in [4.78, 5) is 10.7. The molecule has 0 aromatic heterocycles. The molecule has 0 spiro atoms. The van der Waals surface area contributed by atoms with Gasteiger partial charge in [-0.05, 0) is 46.0 Å². The van der Waals surface area contributed by atoms with Crippen LogP contribution in [0.4, 0.5) is 13.2 Å². The van der Waals surface area contributed by atoms with Crippen LogP contribution in [0.5, 0.6) is 11.5 Å². The van der Waals surface area contributed by atoms with Gasteiger partial charge in [0.15, 0.2) is 6.61 Å². The third-order valence-corrected chi connectivity index (χ3v) is 5.50. The summed E-state index contributed by atoms with van der Waals surface area (Å²) in [5.74, 6) is -0.831. The Morgan fingerprint density at radius 2 is 1.45 bits per heavy atom. The largest absolute Gasteiger partial charge is 0.508 e. The van der Waals surface area contributed by atoms with Crippen molar-refractivity contribution >= 4 is 29.2 Å². The summed E-state index contributed by atoms with van der Waals surface area (Å²) < 4.78 is 42.7. The fourth-order valence-electron chi connectivity index (χ4n) is 3.30. The standard InChI is InChI=1S/C24H19Cl2F3O4/c25-20-10-18(33-13-23(31)32)11-21(26)19(20)9-16-5-6-22(30)17(8-16)7-14-1-3-15(4-2-14)12-24(27,28)29/h1-6,8,10-11,30H,7,9,12-13H2,(H,31,32). The van der Waals surface area contributed by atoms with Gasteiger partial charge in [0, 0.05) is 22.9 Å². The van der Waals surface area contributed by atoms with Crippen LogP contribution >= 0.6 is 23.2 Å². The minimum absolute atomic E-state index is 0.0627. The fraction of sp³-hybridized carbons (Fsp3) is 0.208. The van der Waals surface area contributed by atoms with E-state index in [1.54, 1.807) is 24.3 Å². The first-order chi connectivity index (χ1) is 15.5. The van der Waals surface area contributed by atoms with Crippen LogP contribution in [0.2, 0.25) is 10.0 Å². The van der Waals surface area contributed by atoms with Crippen LogP contribution in [0, 0.1) is 0 Å². The Balaban J connectivity index is 1.76. The summed E-state index contributed by atoms with van der Waals surface area (Å²) in [7, 11) is 0. The normalized spacial score (nSPS) is 11.4. The second kappa shape index (κ2) is 10.4. The minimum Gasteiger partial charge on any atom is -0.508 e. The highest BCUT2D eigenvalue weighted by Gasteiger charge is 2.27.